The van der Waals surface area contributed by atoms with Crippen LogP contribution in [0.3, 0.4) is 0 Å². The third-order valence-electron chi connectivity index (χ3n) is 8.15. The van der Waals surface area contributed by atoms with Crippen molar-refractivity contribution in [1.29, 1.82) is 0 Å². The fourth-order valence-electron chi connectivity index (χ4n) is 7.10. The molecule has 7 rings (SSSR count). The first-order chi connectivity index (χ1) is 16.3. The Kier molecular flexibility index (Phi) is 4.80. The number of nitrogen functional groups attached to an aromatic ring is 1. The monoisotopic (exact) mass is 467 g/mol. The molecule has 34 heavy (non-hydrogen) atoms. The molecule has 0 aromatic carbocycles. The van der Waals surface area contributed by atoms with E-state index >= 15 is 0 Å². The van der Waals surface area contributed by atoms with Crippen LogP contribution in [0.25, 0.3) is 11.2 Å². The molecule has 4 aliphatic carbocycles. The number of hydrogen-bond donors (Lipinski definition) is 2. The first-order valence-electron chi connectivity index (χ1n) is 11.9. The van der Waals surface area contributed by atoms with Crippen molar-refractivity contribution in [3.63, 3.8) is 0 Å². The molecule has 0 spiro atoms. The number of carbonyl (C=O) groups excluding carboxylic acids is 1. The van der Waals surface area contributed by atoms with Gasteiger partial charge in [-0.3, -0.25) is 4.57 Å². The molecule has 2 aromatic heterocycles. The number of imidazole rings is 1. The van der Waals surface area contributed by atoms with E-state index in [0.717, 1.165) is 19.3 Å². The number of ether oxygens (including phenoxy) is 3. The van der Waals surface area contributed by atoms with Crippen LogP contribution in [-0.2, 0) is 14.2 Å². The van der Waals surface area contributed by atoms with Crippen LogP contribution in [0.15, 0.2) is 6.33 Å². The maximum Gasteiger partial charge on any atom is 0.509 e. The van der Waals surface area contributed by atoms with Crippen LogP contribution >= 0.6 is 0 Å². The van der Waals surface area contributed by atoms with E-state index in [2.05, 4.69) is 20.9 Å². The van der Waals surface area contributed by atoms with Gasteiger partial charge in [-0.1, -0.05) is 5.92 Å². The molecule has 5 aliphatic rings. The van der Waals surface area contributed by atoms with E-state index in [-0.39, 0.29) is 12.2 Å². The predicted molar refractivity (Wildman–Crippen MR) is 120 cm³/mol. The molecule has 1 aliphatic heterocycles. The summed E-state index contributed by atoms with van der Waals surface area (Å²) in [5.74, 6) is 5.15. The van der Waals surface area contributed by atoms with Crippen molar-refractivity contribution in [2.45, 2.75) is 75.4 Å². The van der Waals surface area contributed by atoms with Crippen LogP contribution < -0.4 is 5.73 Å². The summed E-state index contributed by atoms with van der Waals surface area (Å²) < 4.78 is 19.5. The number of aliphatic hydroxyl groups excluding tert-OH is 1. The zero-order chi connectivity index (χ0) is 23.7. The number of rotatable bonds is 4. The van der Waals surface area contributed by atoms with E-state index in [4.69, 9.17) is 26.4 Å². The molecule has 0 radical (unpaired) electrons. The third kappa shape index (κ3) is 3.33. The average Bonchev–Trinajstić information content (AvgIpc) is 3.34. The van der Waals surface area contributed by atoms with Crippen LogP contribution in [0.5, 0.6) is 0 Å². The highest BCUT2D eigenvalue weighted by atomic mass is 16.7. The van der Waals surface area contributed by atoms with Gasteiger partial charge in [-0.2, -0.15) is 0 Å². The minimum Gasteiger partial charge on any atom is -0.428 e. The molecule has 0 amide bonds. The fourth-order valence-corrected chi connectivity index (χ4v) is 7.10. The zero-order valence-corrected chi connectivity index (χ0v) is 19.1. The molecular formula is C24H29N5O5. The molecule has 180 valence electrons. The summed E-state index contributed by atoms with van der Waals surface area (Å²) in [4.78, 5) is 25.9. The second-order valence-corrected chi connectivity index (χ2v) is 10.5. The Morgan fingerprint density at radius 1 is 1.26 bits per heavy atom. The normalized spacial score (nSPS) is 38.2. The molecule has 1 saturated heterocycles. The first kappa shape index (κ1) is 21.6. The molecule has 0 unspecified atom stereocenters. The van der Waals surface area contributed by atoms with Crippen molar-refractivity contribution in [3.05, 3.63) is 12.2 Å². The number of fused-ring (bicyclic) bond motifs is 1. The molecule has 3 heterocycles. The summed E-state index contributed by atoms with van der Waals surface area (Å²) in [6.07, 6.45) is 11.6. The van der Waals surface area contributed by atoms with Gasteiger partial charge >= 0.3 is 6.16 Å². The van der Waals surface area contributed by atoms with E-state index < -0.39 is 36.3 Å². The fraction of sp³-hybridized carbons (Fsp3) is 0.667. The smallest absolute Gasteiger partial charge is 0.428 e. The lowest BCUT2D eigenvalue weighted by atomic mass is 9.54. The maximum atomic E-state index is 13.0. The van der Waals surface area contributed by atoms with Crippen LogP contribution in [0.1, 0.15) is 57.0 Å². The largest absolute Gasteiger partial charge is 0.509 e. The number of aliphatic hydroxyl groups is 1. The number of terminal acetylenes is 1. The number of nitrogens with zero attached hydrogens (tertiary/aromatic N) is 4. The maximum absolute atomic E-state index is 13.0. The lowest BCUT2D eigenvalue weighted by molar-refractivity contribution is -0.154. The molecule has 3 N–H and O–H groups in total. The Morgan fingerprint density at radius 2 is 1.94 bits per heavy atom. The molecule has 3 atom stereocenters. The van der Waals surface area contributed by atoms with Gasteiger partial charge in [0.15, 0.2) is 23.2 Å². The predicted octanol–water partition coefficient (Wildman–Crippen LogP) is 2.49. The number of nitrogens with two attached hydrogens (primary N) is 1. The van der Waals surface area contributed by atoms with E-state index in [1.54, 1.807) is 11.5 Å². The van der Waals surface area contributed by atoms with Crippen molar-refractivity contribution in [3.8, 4) is 12.3 Å². The minimum atomic E-state index is -1.50. The topological polar surface area (TPSA) is 135 Å². The van der Waals surface area contributed by atoms with Crippen molar-refractivity contribution in [2.75, 3.05) is 12.3 Å². The van der Waals surface area contributed by atoms with Gasteiger partial charge in [0.1, 0.15) is 23.2 Å². The molecule has 5 fully saturated rings. The summed E-state index contributed by atoms with van der Waals surface area (Å²) in [6.45, 7) is 1.21. The van der Waals surface area contributed by atoms with Gasteiger partial charge < -0.3 is 25.1 Å². The summed E-state index contributed by atoms with van der Waals surface area (Å²) in [5, 5.41) is 10.1. The van der Waals surface area contributed by atoms with Crippen molar-refractivity contribution in [2.24, 2.45) is 17.8 Å². The van der Waals surface area contributed by atoms with E-state index in [9.17, 15) is 9.90 Å². The van der Waals surface area contributed by atoms with E-state index in [1.807, 2.05) is 0 Å². The van der Waals surface area contributed by atoms with Crippen LogP contribution in [0.4, 0.5) is 10.6 Å². The van der Waals surface area contributed by atoms with Gasteiger partial charge in [-0.25, -0.2) is 19.7 Å². The highest BCUT2D eigenvalue weighted by molar-refractivity contribution is 5.81. The molecular weight excluding hydrogens is 438 g/mol. The lowest BCUT2D eigenvalue weighted by Gasteiger charge is -2.55. The average molecular weight is 468 g/mol. The summed E-state index contributed by atoms with van der Waals surface area (Å²) >= 11 is 0. The second-order valence-electron chi connectivity index (χ2n) is 10.5. The standard InChI is InChI=1S/C24H29N5O5/c1-3-24(11-30)17(7-18(33-24)29-12-26-19-20(25)27-13(2)28-21(19)29)32-22(31)34-23-8-14-4-15(9-23)6-16(5-14)10-23/h1,12,14-18,30H,4-11H2,2H3,(H2,25,27,28)/t14?,15?,16?,17-,18+,23?,24+/m0/s1. The van der Waals surface area contributed by atoms with Gasteiger partial charge in [0.25, 0.3) is 0 Å². The van der Waals surface area contributed by atoms with Gasteiger partial charge in [-0.15, -0.1) is 6.42 Å². The number of hydrogen-bond acceptors (Lipinski definition) is 9. The lowest BCUT2D eigenvalue weighted by Crippen LogP contribution is -2.53. The van der Waals surface area contributed by atoms with Crippen LogP contribution in [0.2, 0.25) is 0 Å². The molecule has 2 aromatic rings. The van der Waals surface area contributed by atoms with Crippen molar-refractivity contribution < 1.29 is 24.1 Å². The number of aromatic nitrogens is 4. The van der Waals surface area contributed by atoms with Crippen LogP contribution in [-0.4, -0.2) is 54.7 Å². The molecule has 10 heteroatoms. The highest BCUT2D eigenvalue weighted by Crippen LogP contribution is 2.57. The van der Waals surface area contributed by atoms with Crippen molar-refractivity contribution in [1.82, 2.24) is 19.5 Å². The number of carbonyl (C=O) groups is 1. The number of anilines is 1. The second kappa shape index (κ2) is 7.55. The highest BCUT2D eigenvalue weighted by Gasteiger charge is 2.55. The molecule has 4 bridgehead atoms. The quantitative estimate of drug-likeness (QED) is 0.513. The van der Waals surface area contributed by atoms with Crippen LogP contribution in [0, 0.1) is 37.0 Å². The van der Waals surface area contributed by atoms with E-state index in [0.29, 0.717) is 34.7 Å². The Bertz CT molecular complexity index is 1150. The Morgan fingerprint density at radius 3 is 2.56 bits per heavy atom. The Labute approximate surface area is 197 Å². The third-order valence-corrected chi connectivity index (χ3v) is 8.15. The SMILES string of the molecule is C#C[C@]1(CO)O[C@@H](n2cnc3c(N)nc(C)nc32)C[C@@H]1OC(=O)OC12CC3CC(CC(C3)C1)C2. The summed E-state index contributed by atoms with van der Waals surface area (Å²) in [7, 11) is 0. The Hall–Kier alpha value is -2.90. The Balaban J connectivity index is 1.22. The van der Waals surface area contributed by atoms with Gasteiger partial charge in [0.05, 0.1) is 12.9 Å². The molecule has 4 saturated carbocycles. The zero-order valence-electron chi connectivity index (χ0n) is 19.1. The van der Waals surface area contributed by atoms with E-state index in [1.165, 1.54) is 25.6 Å². The van der Waals surface area contributed by atoms with Gasteiger partial charge in [0, 0.05) is 6.42 Å². The van der Waals surface area contributed by atoms with Gasteiger partial charge in [-0.05, 0) is 63.2 Å². The number of aryl methyl sites for hydroxylation is 1. The minimum absolute atomic E-state index is 0.204. The molecule has 10 nitrogen and oxygen atoms in total. The van der Waals surface area contributed by atoms with Gasteiger partial charge in [0.2, 0.25) is 0 Å². The first-order valence-corrected chi connectivity index (χ1v) is 11.9. The van der Waals surface area contributed by atoms with Crippen molar-refractivity contribution >= 4 is 23.1 Å². The summed E-state index contributed by atoms with van der Waals surface area (Å²) in [6, 6.07) is 0. The summed E-state index contributed by atoms with van der Waals surface area (Å²) in [5.41, 5.74) is 4.97.